The average Bonchev–Trinajstić information content (AvgIpc) is 2.54. The van der Waals surface area contributed by atoms with Crippen LogP contribution in [0.25, 0.3) is 0 Å². The molecule has 0 atom stereocenters. The zero-order valence-corrected chi connectivity index (χ0v) is 13.8. The van der Waals surface area contributed by atoms with Crippen molar-refractivity contribution in [2.24, 2.45) is 5.73 Å². The van der Waals surface area contributed by atoms with Crippen LogP contribution in [-0.4, -0.2) is 48.5 Å². The molecule has 0 bridgehead atoms. The highest BCUT2D eigenvalue weighted by Crippen LogP contribution is 2.10. The number of aromatic nitrogens is 1. The van der Waals surface area contributed by atoms with Crippen molar-refractivity contribution in [3.05, 3.63) is 18.3 Å². The molecule has 6 heteroatoms. The molecule has 1 amide bonds. The third-order valence-corrected chi connectivity index (χ3v) is 3.51. The van der Waals surface area contributed by atoms with E-state index in [1.165, 1.54) is 0 Å². The molecular formula is C16H29N5O. The first kappa shape index (κ1) is 18.4. The van der Waals surface area contributed by atoms with Crippen LogP contribution in [-0.2, 0) is 4.79 Å². The van der Waals surface area contributed by atoms with Gasteiger partial charge in [-0.2, -0.15) is 0 Å². The molecule has 0 aliphatic carbocycles. The fourth-order valence-electron chi connectivity index (χ4n) is 2.12. The van der Waals surface area contributed by atoms with Gasteiger partial charge in [0, 0.05) is 13.0 Å². The Morgan fingerprint density at radius 1 is 1.27 bits per heavy atom. The van der Waals surface area contributed by atoms with Crippen molar-refractivity contribution < 1.29 is 4.79 Å². The Labute approximate surface area is 133 Å². The highest BCUT2D eigenvalue weighted by Gasteiger charge is 2.02. The highest BCUT2D eigenvalue weighted by atomic mass is 16.1. The summed E-state index contributed by atoms with van der Waals surface area (Å²) >= 11 is 0. The van der Waals surface area contributed by atoms with Gasteiger partial charge in [0.05, 0.1) is 11.9 Å². The van der Waals surface area contributed by atoms with E-state index < -0.39 is 0 Å². The smallest absolute Gasteiger partial charge is 0.224 e. The molecular weight excluding hydrogens is 278 g/mol. The monoisotopic (exact) mass is 307 g/mol. The van der Waals surface area contributed by atoms with Crippen LogP contribution in [0, 0.1) is 0 Å². The second-order valence-corrected chi connectivity index (χ2v) is 5.18. The number of pyridine rings is 1. The molecule has 124 valence electrons. The van der Waals surface area contributed by atoms with Crippen molar-refractivity contribution in [1.82, 2.24) is 9.88 Å². The van der Waals surface area contributed by atoms with Gasteiger partial charge in [-0.05, 0) is 51.2 Å². The Balaban J connectivity index is 2.28. The maximum Gasteiger partial charge on any atom is 0.224 e. The van der Waals surface area contributed by atoms with Crippen molar-refractivity contribution in [1.29, 1.82) is 0 Å². The molecule has 22 heavy (non-hydrogen) atoms. The van der Waals surface area contributed by atoms with E-state index in [4.69, 9.17) is 5.73 Å². The van der Waals surface area contributed by atoms with E-state index in [-0.39, 0.29) is 5.91 Å². The van der Waals surface area contributed by atoms with Gasteiger partial charge < -0.3 is 21.3 Å². The van der Waals surface area contributed by atoms with Crippen LogP contribution < -0.4 is 16.4 Å². The first-order chi connectivity index (χ1) is 10.7. The first-order valence-corrected chi connectivity index (χ1v) is 8.11. The summed E-state index contributed by atoms with van der Waals surface area (Å²) in [6.45, 7) is 9.06. The van der Waals surface area contributed by atoms with Crippen LogP contribution in [0.5, 0.6) is 0 Å². The number of anilines is 2. The molecule has 0 aromatic carbocycles. The molecule has 0 spiro atoms. The summed E-state index contributed by atoms with van der Waals surface area (Å²) in [6, 6.07) is 3.75. The van der Waals surface area contributed by atoms with Gasteiger partial charge in [-0.25, -0.2) is 4.98 Å². The van der Waals surface area contributed by atoms with Crippen molar-refractivity contribution in [3.8, 4) is 0 Å². The number of carbonyl (C=O) groups is 1. The Morgan fingerprint density at radius 2 is 2.05 bits per heavy atom. The number of rotatable bonds is 11. The molecule has 1 rings (SSSR count). The van der Waals surface area contributed by atoms with E-state index in [1.807, 2.05) is 12.1 Å². The van der Waals surface area contributed by atoms with Crippen LogP contribution >= 0.6 is 0 Å². The number of carbonyl (C=O) groups excluding carboxylic acids is 1. The highest BCUT2D eigenvalue weighted by molar-refractivity contribution is 5.90. The van der Waals surface area contributed by atoms with Crippen LogP contribution in [0.1, 0.15) is 33.1 Å². The standard InChI is InChI=1S/C16H29N5O/c1-3-21(4-2)12-6-11-18-15-9-8-14(13-19-15)20-16(22)7-5-10-17/h8-9,13H,3-7,10-12,17H2,1-2H3,(H,18,19)(H,20,22). The Kier molecular flexibility index (Phi) is 9.18. The predicted molar refractivity (Wildman–Crippen MR) is 92.0 cm³/mol. The molecule has 0 saturated heterocycles. The number of nitrogens with zero attached hydrogens (tertiary/aromatic N) is 2. The van der Waals surface area contributed by atoms with Gasteiger partial charge in [0.2, 0.25) is 5.91 Å². The molecule has 0 fully saturated rings. The van der Waals surface area contributed by atoms with Gasteiger partial charge >= 0.3 is 0 Å². The van der Waals surface area contributed by atoms with Gasteiger partial charge in [-0.1, -0.05) is 13.8 Å². The summed E-state index contributed by atoms with van der Waals surface area (Å²) in [5, 5.41) is 6.11. The van der Waals surface area contributed by atoms with Crippen LogP contribution in [0.15, 0.2) is 18.3 Å². The summed E-state index contributed by atoms with van der Waals surface area (Å²) < 4.78 is 0. The zero-order valence-electron chi connectivity index (χ0n) is 13.8. The number of hydrogen-bond donors (Lipinski definition) is 3. The number of nitrogens with two attached hydrogens (primary N) is 1. The quantitative estimate of drug-likeness (QED) is 0.544. The average molecular weight is 307 g/mol. The lowest BCUT2D eigenvalue weighted by Gasteiger charge is -2.17. The number of nitrogens with one attached hydrogen (secondary N) is 2. The fourth-order valence-corrected chi connectivity index (χ4v) is 2.12. The summed E-state index contributed by atoms with van der Waals surface area (Å²) in [7, 11) is 0. The van der Waals surface area contributed by atoms with E-state index in [1.54, 1.807) is 6.20 Å². The van der Waals surface area contributed by atoms with Gasteiger partial charge in [0.25, 0.3) is 0 Å². The van der Waals surface area contributed by atoms with Gasteiger partial charge in [-0.3, -0.25) is 4.79 Å². The first-order valence-electron chi connectivity index (χ1n) is 8.11. The normalized spacial score (nSPS) is 10.7. The molecule has 1 aromatic heterocycles. The summed E-state index contributed by atoms with van der Waals surface area (Å²) in [6.07, 6.45) is 3.90. The molecule has 0 aliphatic rings. The van der Waals surface area contributed by atoms with E-state index >= 15 is 0 Å². The third kappa shape index (κ3) is 7.38. The topological polar surface area (TPSA) is 83.3 Å². The molecule has 6 nitrogen and oxygen atoms in total. The molecule has 4 N–H and O–H groups in total. The predicted octanol–water partition coefficient (Wildman–Crippen LogP) is 1.90. The van der Waals surface area contributed by atoms with Gasteiger partial charge in [0.1, 0.15) is 5.82 Å². The Bertz CT molecular complexity index is 417. The number of hydrogen-bond acceptors (Lipinski definition) is 5. The van der Waals surface area contributed by atoms with E-state index in [9.17, 15) is 4.79 Å². The van der Waals surface area contributed by atoms with E-state index in [2.05, 4.69) is 34.4 Å². The molecule has 0 unspecified atom stereocenters. The SMILES string of the molecule is CCN(CC)CCCNc1ccc(NC(=O)CCCN)cn1. The maximum absolute atomic E-state index is 11.6. The van der Waals surface area contributed by atoms with Crippen LogP contribution in [0.4, 0.5) is 11.5 Å². The lowest BCUT2D eigenvalue weighted by atomic mass is 10.3. The second kappa shape index (κ2) is 11.0. The molecule has 0 saturated carbocycles. The zero-order chi connectivity index (χ0) is 16.2. The van der Waals surface area contributed by atoms with Gasteiger partial charge in [-0.15, -0.1) is 0 Å². The van der Waals surface area contributed by atoms with Gasteiger partial charge in [0.15, 0.2) is 0 Å². The largest absolute Gasteiger partial charge is 0.370 e. The van der Waals surface area contributed by atoms with E-state index in [0.29, 0.717) is 19.4 Å². The lowest BCUT2D eigenvalue weighted by molar-refractivity contribution is -0.116. The fraction of sp³-hybridized carbons (Fsp3) is 0.625. The summed E-state index contributed by atoms with van der Waals surface area (Å²) in [5.41, 5.74) is 6.10. The minimum atomic E-state index is -0.0211. The Hall–Kier alpha value is -1.66. The van der Waals surface area contributed by atoms with Crippen LogP contribution in [0.2, 0.25) is 0 Å². The minimum Gasteiger partial charge on any atom is -0.370 e. The van der Waals surface area contributed by atoms with Crippen molar-refractivity contribution >= 4 is 17.4 Å². The summed E-state index contributed by atoms with van der Waals surface area (Å²) in [4.78, 5) is 18.3. The number of amides is 1. The molecule has 0 radical (unpaired) electrons. The lowest BCUT2D eigenvalue weighted by Crippen LogP contribution is -2.25. The summed E-state index contributed by atoms with van der Waals surface area (Å²) in [5.74, 6) is 0.812. The van der Waals surface area contributed by atoms with Crippen molar-refractivity contribution in [2.75, 3.05) is 43.4 Å². The van der Waals surface area contributed by atoms with Crippen molar-refractivity contribution in [3.63, 3.8) is 0 Å². The molecule has 1 heterocycles. The van der Waals surface area contributed by atoms with Crippen molar-refractivity contribution in [2.45, 2.75) is 33.1 Å². The third-order valence-electron chi connectivity index (χ3n) is 3.51. The Morgan fingerprint density at radius 3 is 2.64 bits per heavy atom. The second-order valence-electron chi connectivity index (χ2n) is 5.18. The molecule has 1 aromatic rings. The van der Waals surface area contributed by atoms with E-state index in [0.717, 1.165) is 44.1 Å². The van der Waals surface area contributed by atoms with Crippen LogP contribution in [0.3, 0.4) is 0 Å². The minimum absolute atomic E-state index is 0.0211. The molecule has 0 aliphatic heterocycles. The maximum atomic E-state index is 11.6.